The lowest BCUT2D eigenvalue weighted by Gasteiger charge is -2.10. The second-order valence-corrected chi connectivity index (χ2v) is 5.73. The predicted molar refractivity (Wildman–Crippen MR) is 95.0 cm³/mol. The Hall–Kier alpha value is -2.60. The lowest BCUT2D eigenvalue weighted by molar-refractivity contribution is -0.393. The van der Waals surface area contributed by atoms with Crippen LogP contribution in [0, 0.1) is 20.2 Å². The normalized spacial score (nSPS) is 11.5. The number of hydrogen-bond donors (Lipinski definition) is 2. The molecule has 26 heavy (non-hydrogen) atoms. The molecule has 0 amide bonds. The molecule has 0 radical (unpaired) electrons. The lowest BCUT2D eigenvalue weighted by Crippen LogP contribution is -2.34. The van der Waals surface area contributed by atoms with Gasteiger partial charge >= 0.3 is 11.9 Å². The molecule has 1 aromatic rings. The zero-order valence-electron chi connectivity index (χ0n) is 13.6. The SMILES string of the molecule is N[C@@H](CCCCNc1ccc([N+](=O)[O-])cc1[N+](=O)[O-])C(=O)OC(=O)CBr. The summed E-state index contributed by atoms with van der Waals surface area (Å²) in [7, 11) is 0. The first-order valence-corrected chi connectivity index (χ1v) is 8.61. The number of nitro groups is 2. The molecule has 12 heteroatoms. The fourth-order valence-corrected chi connectivity index (χ4v) is 2.09. The summed E-state index contributed by atoms with van der Waals surface area (Å²) in [5.41, 5.74) is 5.00. The molecule has 0 fully saturated rings. The molecular formula is C14H17BrN4O7. The maximum Gasteiger partial charge on any atom is 0.330 e. The number of carbonyl (C=O) groups excluding carboxylic acids is 2. The molecule has 0 bridgehead atoms. The van der Waals surface area contributed by atoms with Crippen molar-refractivity contribution in [1.29, 1.82) is 0 Å². The number of nitrogens with one attached hydrogen (secondary N) is 1. The van der Waals surface area contributed by atoms with Gasteiger partial charge < -0.3 is 15.8 Å². The van der Waals surface area contributed by atoms with Crippen molar-refractivity contribution in [2.24, 2.45) is 5.73 Å². The Balaban J connectivity index is 2.46. The highest BCUT2D eigenvalue weighted by molar-refractivity contribution is 9.09. The van der Waals surface area contributed by atoms with Gasteiger partial charge in [-0.2, -0.15) is 0 Å². The smallest absolute Gasteiger partial charge is 0.330 e. The largest absolute Gasteiger partial charge is 0.391 e. The molecule has 1 aromatic carbocycles. The second-order valence-electron chi connectivity index (χ2n) is 5.17. The summed E-state index contributed by atoms with van der Waals surface area (Å²) in [6.45, 7) is 0.334. The Labute approximate surface area is 156 Å². The average molecular weight is 433 g/mol. The number of ether oxygens (including phenoxy) is 1. The standard InChI is InChI=1S/C14H17BrN4O7/c15-8-13(20)26-14(21)10(16)3-1-2-6-17-11-5-4-9(18(22)23)7-12(11)19(24)25/h4-5,7,10,17H,1-3,6,8,16H2/t10-/m0/s1. The van der Waals surface area contributed by atoms with Crippen molar-refractivity contribution in [2.75, 3.05) is 17.2 Å². The van der Waals surface area contributed by atoms with Gasteiger partial charge in [-0.05, 0) is 25.3 Å². The summed E-state index contributed by atoms with van der Waals surface area (Å²) in [6, 6.07) is 2.38. The first-order chi connectivity index (χ1) is 12.3. The van der Waals surface area contributed by atoms with Gasteiger partial charge in [0.2, 0.25) is 0 Å². The minimum Gasteiger partial charge on any atom is -0.391 e. The van der Waals surface area contributed by atoms with Gasteiger partial charge in [-0.25, -0.2) is 4.79 Å². The van der Waals surface area contributed by atoms with E-state index >= 15 is 0 Å². The quantitative estimate of drug-likeness (QED) is 0.140. The third-order valence-electron chi connectivity index (χ3n) is 3.27. The number of benzene rings is 1. The van der Waals surface area contributed by atoms with Crippen molar-refractivity contribution in [1.82, 2.24) is 0 Å². The maximum atomic E-state index is 11.5. The highest BCUT2D eigenvalue weighted by atomic mass is 79.9. The molecule has 0 saturated carbocycles. The van der Waals surface area contributed by atoms with Crippen LogP contribution in [0.3, 0.4) is 0 Å². The van der Waals surface area contributed by atoms with E-state index in [0.29, 0.717) is 19.4 Å². The van der Waals surface area contributed by atoms with Crippen LogP contribution in [0.1, 0.15) is 19.3 Å². The summed E-state index contributed by atoms with van der Waals surface area (Å²) in [4.78, 5) is 42.7. The molecule has 142 valence electrons. The molecule has 1 rings (SSSR count). The zero-order valence-corrected chi connectivity index (χ0v) is 15.1. The first kappa shape index (κ1) is 21.4. The number of rotatable bonds is 10. The summed E-state index contributed by atoms with van der Waals surface area (Å²) in [5.74, 6) is -1.54. The molecule has 11 nitrogen and oxygen atoms in total. The minimum absolute atomic E-state index is 0.108. The van der Waals surface area contributed by atoms with E-state index in [9.17, 15) is 29.8 Å². The van der Waals surface area contributed by atoms with Crippen LogP contribution in [0.25, 0.3) is 0 Å². The van der Waals surface area contributed by atoms with Crippen LogP contribution in [0.2, 0.25) is 0 Å². The van der Waals surface area contributed by atoms with Crippen molar-refractivity contribution in [3.63, 3.8) is 0 Å². The molecule has 0 unspecified atom stereocenters. The van der Waals surface area contributed by atoms with Gasteiger partial charge in [0.25, 0.3) is 11.4 Å². The van der Waals surface area contributed by atoms with Gasteiger partial charge in [0, 0.05) is 12.6 Å². The Morgan fingerprint density at radius 2 is 1.92 bits per heavy atom. The minimum atomic E-state index is -0.938. The molecule has 0 aromatic heterocycles. The maximum absolute atomic E-state index is 11.5. The van der Waals surface area contributed by atoms with Gasteiger partial charge in [0.1, 0.15) is 17.1 Å². The number of hydrogen-bond acceptors (Lipinski definition) is 9. The Kier molecular flexibility index (Phi) is 8.58. The van der Waals surface area contributed by atoms with E-state index in [0.717, 1.165) is 6.07 Å². The van der Waals surface area contributed by atoms with Crippen molar-refractivity contribution >= 4 is 44.9 Å². The third-order valence-corrected chi connectivity index (χ3v) is 3.73. The van der Waals surface area contributed by atoms with Gasteiger partial charge in [-0.1, -0.05) is 15.9 Å². The molecule has 0 aliphatic carbocycles. The van der Waals surface area contributed by atoms with Gasteiger partial charge in [-0.3, -0.25) is 25.0 Å². The number of halogens is 1. The number of nitrogens with zero attached hydrogens (tertiary/aromatic N) is 2. The fraction of sp³-hybridized carbons (Fsp3) is 0.429. The van der Waals surface area contributed by atoms with Gasteiger partial charge in [-0.15, -0.1) is 0 Å². The topological polar surface area (TPSA) is 168 Å². The molecule has 0 aliphatic rings. The number of alkyl halides is 1. The van der Waals surface area contributed by atoms with E-state index < -0.39 is 33.5 Å². The third kappa shape index (κ3) is 6.72. The number of nitro benzene ring substituents is 2. The predicted octanol–water partition coefficient (Wildman–Crippen LogP) is 1.88. The number of esters is 2. The number of carbonyl (C=O) groups is 2. The lowest BCUT2D eigenvalue weighted by atomic mass is 10.1. The molecule has 1 atom stereocenters. The van der Waals surface area contributed by atoms with E-state index in [2.05, 4.69) is 26.0 Å². The molecule has 3 N–H and O–H groups in total. The second kappa shape index (κ2) is 10.4. The summed E-state index contributed by atoms with van der Waals surface area (Å²) >= 11 is 2.85. The van der Waals surface area contributed by atoms with Crippen molar-refractivity contribution < 1.29 is 24.2 Å². The monoisotopic (exact) mass is 432 g/mol. The highest BCUT2D eigenvalue weighted by Gasteiger charge is 2.20. The van der Waals surface area contributed by atoms with Gasteiger partial charge in [0.05, 0.1) is 15.9 Å². The number of anilines is 1. The Morgan fingerprint density at radius 3 is 2.50 bits per heavy atom. The summed E-state index contributed by atoms with van der Waals surface area (Å²) < 4.78 is 4.46. The van der Waals surface area contributed by atoms with Gasteiger partial charge in [0.15, 0.2) is 0 Å². The van der Waals surface area contributed by atoms with E-state index in [1.807, 2.05) is 0 Å². The van der Waals surface area contributed by atoms with Crippen molar-refractivity contribution in [2.45, 2.75) is 25.3 Å². The molecule has 0 aliphatic heterocycles. The van der Waals surface area contributed by atoms with Crippen LogP contribution in [-0.2, 0) is 14.3 Å². The van der Waals surface area contributed by atoms with Crippen LogP contribution in [0.4, 0.5) is 17.1 Å². The number of unbranched alkanes of at least 4 members (excludes halogenated alkanes) is 1. The zero-order chi connectivity index (χ0) is 19.7. The van der Waals surface area contributed by atoms with E-state index in [1.165, 1.54) is 12.1 Å². The number of non-ortho nitro benzene ring substituents is 1. The molecule has 0 saturated heterocycles. The van der Waals surface area contributed by atoms with E-state index in [-0.39, 0.29) is 23.1 Å². The summed E-state index contributed by atoms with van der Waals surface area (Å²) in [6.07, 6.45) is 1.31. The van der Waals surface area contributed by atoms with E-state index in [4.69, 9.17) is 5.73 Å². The first-order valence-electron chi connectivity index (χ1n) is 7.49. The average Bonchev–Trinajstić information content (AvgIpc) is 2.60. The van der Waals surface area contributed by atoms with E-state index in [1.54, 1.807) is 0 Å². The van der Waals surface area contributed by atoms with Crippen molar-refractivity contribution in [3.8, 4) is 0 Å². The van der Waals surface area contributed by atoms with Crippen molar-refractivity contribution in [3.05, 3.63) is 38.4 Å². The van der Waals surface area contributed by atoms with Crippen LogP contribution in [0.5, 0.6) is 0 Å². The van der Waals surface area contributed by atoms with Crippen LogP contribution in [-0.4, -0.2) is 39.7 Å². The Bertz CT molecular complexity index is 698. The van der Waals surface area contributed by atoms with Crippen LogP contribution >= 0.6 is 15.9 Å². The number of nitrogens with two attached hydrogens (primary N) is 1. The highest BCUT2D eigenvalue weighted by Crippen LogP contribution is 2.28. The van der Waals surface area contributed by atoms with Crippen LogP contribution in [0.15, 0.2) is 18.2 Å². The fourth-order valence-electron chi connectivity index (χ4n) is 1.98. The van der Waals surface area contributed by atoms with Crippen LogP contribution < -0.4 is 11.1 Å². The molecule has 0 spiro atoms. The molecular weight excluding hydrogens is 416 g/mol. The Morgan fingerprint density at radius 1 is 1.23 bits per heavy atom. The summed E-state index contributed by atoms with van der Waals surface area (Å²) in [5, 5.41) is 24.4. The molecule has 0 heterocycles.